The SMILES string of the molecule is CC(CNC1CCC1)Cc1c(F)cccc1F. The Balaban J connectivity index is 1.86. The first kappa shape index (κ1) is 12.5. The van der Waals surface area contributed by atoms with Crippen LogP contribution in [0.5, 0.6) is 0 Å². The van der Waals surface area contributed by atoms with E-state index in [0.29, 0.717) is 12.5 Å². The van der Waals surface area contributed by atoms with Gasteiger partial charge in [-0.15, -0.1) is 0 Å². The molecule has 3 heteroatoms. The van der Waals surface area contributed by atoms with Crippen LogP contribution in [-0.2, 0) is 6.42 Å². The molecule has 1 aliphatic carbocycles. The van der Waals surface area contributed by atoms with Crippen molar-refractivity contribution >= 4 is 0 Å². The lowest BCUT2D eigenvalue weighted by molar-refractivity contribution is 0.319. The van der Waals surface area contributed by atoms with E-state index in [1.54, 1.807) is 0 Å². The first-order valence-electron chi connectivity index (χ1n) is 6.33. The summed E-state index contributed by atoms with van der Waals surface area (Å²) in [5.74, 6) is -0.608. The van der Waals surface area contributed by atoms with E-state index in [9.17, 15) is 8.78 Å². The lowest BCUT2D eigenvalue weighted by atomic mass is 9.92. The van der Waals surface area contributed by atoms with Crippen molar-refractivity contribution in [1.82, 2.24) is 5.32 Å². The maximum Gasteiger partial charge on any atom is 0.129 e. The van der Waals surface area contributed by atoms with Crippen LogP contribution in [0.2, 0.25) is 0 Å². The van der Waals surface area contributed by atoms with Gasteiger partial charge in [-0.25, -0.2) is 8.78 Å². The van der Waals surface area contributed by atoms with Gasteiger partial charge in [0.05, 0.1) is 0 Å². The van der Waals surface area contributed by atoms with Crippen LogP contribution in [0.25, 0.3) is 0 Å². The topological polar surface area (TPSA) is 12.0 Å². The second kappa shape index (κ2) is 5.58. The lowest BCUT2D eigenvalue weighted by Gasteiger charge is -2.28. The Hall–Kier alpha value is -0.960. The summed E-state index contributed by atoms with van der Waals surface area (Å²) in [6.07, 6.45) is 4.23. The number of nitrogens with one attached hydrogen (secondary N) is 1. The Bertz CT molecular complexity index is 354. The van der Waals surface area contributed by atoms with Gasteiger partial charge >= 0.3 is 0 Å². The summed E-state index contributed by atoms with van der Waals surface area (Å²) < 4.78 is 26.9. The molecule has 1 aromatic rings. The van der Waals surface area contributed by atoms with Crippen molar-refractivity contribution in [3.05, 3.63) is 35.4 Å². The van der Waals surface area contributed by atoms with E-state index >= 15 is 0 Å². The van der Waals surface area contributed by atoms with Crippen molar-refractivity contribution in [3.63, 3.8) is 0 Å². The summed E-state index contributed by atoms with van der Waals surface area (Å²) in [7, 11) is 0. The van der Waals surface area contributed by atoms with E-state index < -0.39 is 11.6 Å². The van der Waals surface area contributed by atoms with Gasteiger partial charge in [0.2, 0.25) is 0 Å². The molecule has 0 radical (unpaired) electrons. The number of hydrogen-bond acceptors (Lipinski definition) is 1. The zero-order chi connectivity index (χ0) is 12.3. The second-order valence-corrected chi connectivity index (χ2v) is 5.05. The fourth-order valence-corrected chi connectivity index (χ4v) is 2.13. The molecule has 2 rings (SSSR count). The molecule has 0 amide bonds. The van der Waals surface area contributed by atoms with E-state index in [-0.39, 0.29) is 11.5 Å². The zero-order valence-corrected chi connectivity index (χ0v) is 10.2. The van der Waals surface area contributed by atoms with Crippen LogP contribution < -0.4 is 5.32 Å². The summed E-state index contributed by atoms with van der Waals surface area (Å²) in [6, 6.07) is 4.68. The van der Waals surface area contributed by atoms with Crippen LogP contribution in [0.3, 0.4) is 0 Å². The molecule has 0 bridgehead atoms. The van der Waals surface area contributed by atoms with Crippen LogP contribution in [0.4, 0.5) is 8.78 Å². The highest BCUT2D eigenvalue weighted by molar-refractivity contribution is 5.20. The molecule has 1 nitrogen and oxygen atoms in total. The Morgan fingerprint density at radius 2 is 1.94 bits per heavy atom. The number of hydrogen-bond donors (Lipinski definition) is 1. The number of halogens is 2. The smallest absolute Gasteiger partial charge is 0.129 e. The number of benzene rings is 1. The van der Waals surface area contributed by atoms with Crippen LogP contribution in [0.1, 0.15) is 31.7 Å². The van der Waals surface area contributed by atoms with Crippen molar-refractivity contribution in [2.45, 2.75) is 38.6 Å². The molecule has 17 heavy (non-hydrogen) atoms. The Kier molecular flexibility index (Phi) is 4.11. The average Bonchev–Trinajstić information content (AvgIpc) is 2.21. The average molecular weight is 239 g/mol. The lowest BCUT2D eigenvalue weighted by Crippen LogP contribution is -2.38. The van der Waals surface area contributed by atoms with Crippen molar-refractivity contribution in [1.29, 1.82) is 0 Å². The normalized spacial score (nSPS) is 17.8. The molecule has 0 heterocycles. The Morgan fingerprint density at radius 1 is 1.29 bits per heavy atom. The molecule has 1 saturated carbocycles. The fraction of sp³-hybridized carbons (Fsp3) is 0.571. The molecule has 1 unspecified atom stereocenters. The van der Waals surface area contributed by atoms with Crippen LogP contribution in [0, 0.1) is 17.6 Å². The van der Waals surface area contributed by atoms with Gasteiger partial charge in [0.25, 0.3) is 0 Å². The first-order valence-corrected chi connectivity index (χ1v) is 6.33. The standard InChI is InChI=1S/C14H19F2N/c1-10(9-17-11-4-2-5-11)8-12-13(15)6-3-7-14(12)16/h3,6-7,10-11,17H,2,4-5,8-9H2,1H3. The van der Waals surface area contributed by atoms with E-state index in [1.807, 2.05) is 6.92 Å². The Morgan fingerprint density at radius 3 is 2.47 bits per heavy atom. The van der Waals surface area contributed by atoms with Gasteiger partial charge in [-0.3, -0.25) is 0 Å². The minimum Gasteiger partial charge on any atom is -0.314 e. The third kappa shape index (κ3) is 3.25. The first-order chi connectivity index (χ1) is 8.16. The summed E-state index contributed by atoms with van der Waals surface area (Å²) in [6.45, 7) is 2.86. The molecule has 0 aliphatic heterocycles. The summed E-state index contributed by atoms with van der Waals surface area (Å²) in [5, 5.41) is 3.43. The fourth-order valence-electron chi connectivity index (χ4n) is 2.13. The van der Waals surface area contributed by atoms with Gasteiger partial charge in [-0.1, -0.05) is 19.4 Å². The maximum absolute atomic E-state index is 13.4. The van der Waals surface area contributed by atoms with Gasteiger partial charge in [-0.2, -0.15) is 0 Å². The minimum absolute atomic E-state index is 0.218. The van der Waals surface area contributed by atoms with Crippen molar-refractivity contribution in [2.75, 3.05) is 6.54 Å². The Labute approximate surface area is 101 Å². The molecule has 1 fully saturated rings. The molecule has 1 aliphatic rings. The quantitative estimate of drug-likeness (QED) is 0.831. The summed E-state index contributed by atoms with van der Waals surface area (Å²) in [4.78, 5) is 0. The van der Waals surface area contributed by atoms with Crippen molar-refractivity contribution in [2.24, 2.45) is 5.92 Å². The minimum atomic E-state index is -0.430. The van der Waals surface area contributed by atoms with Crippen LogP contribution in [-0.4, -0.2) is 12.6 Å². The molecule has 94 valence electrons. The predicted molar refractivity (Wildman–Crippen MR) is 64.9 cm³/mol. The van der Waals surface area contributed by atoms with Crippen LogP contribution >= 0.6 is 0 Å². The molecule has 0 aromatic heterocycles. The highest BCUT2D eigenvalue weighted by Gasteiger charge is 2.18. The maximum atomic E-state index is 13.4. The predicted octanol–water partition coefficient (Wildman–Crippen LogP) is 3.29. The largest absolute Gasteiger partial charge is 0.314 e. The highest BCUT2D eigenvalue weighted by atomic mass is 19.1. The molecule has 1 atom stereocenters. The third-order valence-corrected chi connectivity index (χ3v) is 3.47. The van der Waals surface area contributed by atoms with Gasteiger partial charge in [-0.05, 0) is 43.9 Å². The molecular formula is C14H19F2N. The van der Waals surface area contributed by atoms with Gasteiger partial charge in [0.1, 0.15) is 11.6 Å². The highest BCUT2D eigenvalue weighted by Crippen LogP contribution is 2.20. The zero-order valence-electron chi connectivity index (χ0n) is 10.2. The molecule has 0 saturated heterocycles. The molecule has 0 spiro atoms. The molecular weight excluding hydrogens is 220 g/mol. The third-order valence-electron chi connectivity index (χ3n) is 3.47. The van der Waals surface area contributed by atoms with E-state index in [1.165, 1.54) is 37.5 Å². The van der Waals surface area contributed by atoms with Gasteiger partial charge in [0, 0.05) is 11.6 Å². The van der Waals surface area contributed by atoms with Crippen molar-refractivity contribution < 1.29 is 8.78 Å². The molecule has 1 N–H and O–H groups in total. The van der Waals surface area contributed by atoms with E-state index in [2.05, 4.69) is 5.32 Å². The van der Waals surface area contributed by atoms with Crippen molar-refractivity contribution in [3.8, 4) is 0 Å². The summed E-state index contributed by atoms with van der Waals surface area (Å²) in [5.41, 5.74) is 0.218. The van der Waals surface area contributed by atoms with E-state index in [0.717, 1.165) is 6.54 Å². The molecule has 1 aromatic carbocycles. The van der Waals surface area contributed by atoms with Gasteiger partial charge < -0.3 is 5.32 Å². The monoisotopic (exact) mass is 239 g/mol. The second-order valence-electron chi connectivity index (χ2n) is 5.05. The van der Waals surface area contributed by atoms with Crippen LogP contribution in [0.15, 0.2) is 18.2 Å². The number of rotatable bonds is 5. The van der Waals surface area contributed by atoms with Gasteiger partial charge in [0.15, 0.2) is 0 Å². The van der Waals surface area contributed by atoms with E-state index in [4.69, 9.17) is 0 Å². The summed E-state index contributed by atoms with van der Waals surface area (Å²) >= 11 is 0.